The van der Waals surface area contributed by atoms with Crippen molar-refractivity contribution in [2.45, 2.75) is 38.3 Å². The van der Waals surface area contributed by atoms with Crippen LogP contribution in [0.2, 0.25) is 0 Å². The van der Waals surface area contributed by atoms with Crippen molar-refractivity contribution >= 4 is 16.9 Å². The predicted octanol–water partition coefficient (Wildman–Crippen LogP) is 4.48. The SMILES string of the molecule is COc1ccc2nccc([C@@H](F)CC[C@@H]3CCN(CCCc4cccnn4)C[C@@H]3C(=O)O)c2c1. The number of hydrogen-bond acceptors (Lipinski definition) is 6. The van der Waals surface area contributed by atoms with Crippen LogP contribution in [0.1, 0.15) is 43.1 Å². The highest BCUT2D eigenvalue weighted by Gasteiger charge is 2.34. The summed E-state index contributed by atoms with van der Waals surface area (Å²) in [4.78, 5) is 18.5. The molecule has 4 rings (SSSR count). The predicted molar refractivity (Wildman–Crippen MR) is 127 cm³/mol. The molecule has 0 radical (unpaired) electrons. The number of pyridine rings is 1. The number of halogens is 1. The van der Waals surface area contributed by atoms with E-state index in [4.69, 9.17) is 4.74 Å². The van der Waals surface area contributed by atoms with Crippen LogP contribution in [-0.2, 0) is 11.2 Å². The summed E-state index contributed by atoms with van der Waals surface area (Å²) in [5.41, 5.74) is 2.25. The average molecular weight is 467 g/mol. The number of benzene rings is 1. The third-order valence-corrected chi connectivity index (χ3v) is 6.80. The fourth-order valence-corrected chi connectivity index (χ4v) is 4.91. The molecule has 0 spiro atoms. The Morgan fingerprint density at radius 3 is 2.94 bits per heavy atom. The number of nitrogens with zero attached hydrogens (tertiary/aromatic N) is 4. The zero-order valence-electron chi connectivity index (χ0n) is 19.4. The summed E-state index contributed by atoms with van der Waals surface area (Å²) in [7, 11) is 1.58. The number of methoxy groups -OCH3 is 1. The van der Waals surface area contributed by atoms with Crippen molar-refractivity contribution in [3.8, 4) is 5.75 Å². The molecule has 0 bridgehead atoms. The summed E-state index contributed by atoms with van der Waals surface area (Å²) in [6, 6.07) is 11.0. The number of carbonyl (C=O) groups is 1. The maximum absolute atomic E-state index is 15.4. The van der Waals surface area contributed by atoms with Crippen molar-refractivity contribution in [1.29, 1.82) is 0 Å². The van der Waals surface area contributed by atoms with Gasteiger partial charge in [-0.3, -0.25) is 9.78 Å². The molecule has 180 valence electrons. The lowest BCUT2D eigenvalue weighted by Gasteiger charge is -2.36. The lowest BCUT2D eigenvalue weighted by molar-refractivity contribution is -0.146. The van der Waals surface area contributed by atoms with Gasteiger partial charge in [-0.05, 0) is 93.1 Å². The van der Waals surface area contributed by atoms with Gasteiger partial charge in [0.25, 0.3) is 0 Å². The van der Waals surface area contributed by atoms with Gasteiger partial charge in [-0.2, -0.15) is 10.2 Å². The first-order valence-electron chi connectivity index (χ1n) is 11.8. The van der Waals surface area contributed by atoms with Gasteiger partial charge >= 0.3 is 5.97 Å². The Balaban J connectivity index is 1.34. The highest BCUT2D eigenvalue weighted by Crippen LogP contribution is 2.35. The minimum Gasteiger partial charge on any atom is -0.497 e. The van der Waals surface area contributed by atoms with Crippen LogP contribution in [0.15, 0.2) is 48.8 Å². The number of carboxylic acids is 1. The van der Waals surface area contributed by atoms with E-state index in [1.165, 1.54) is 0 Å². The molecule has 8 heteroatoms. The van der Waals surface area contributed by atoms with Crippen LogP contribution in [0.25, 0.3) is 10.9 Å². The number of fused-ring (bicyclic) bond motifs is 1. The zero-order valence-corrected chi connectivity index (χ0v) is 19.4. The topological polar surface area (TPSA) is 88.4 Å². The number of ether oxygens (including phenoxy) is 1. The molecule has 1 aromatic carbocycles. The second kappa shape index (κ2) is 11.3. The van der Waals surface area contributed by atoms with Gasteiger partial charge in [-0.1, -0.05) is 0 Å². The van der Waals surface area contributed by atoms with E-state index in [1.54, 1.807) is 25.6 Å². The van der Waals surface area contributed by atoms with Gasteiger partial charge in [0.1, 0.15) is 11.9 Å². The maximum Gasteiger partial charge on any atom is 0.308 e. The molecule has 0 aliphatic carbocycles. The fraction of sp³-hybridized carbons (Fsp3) is 0.462. The molecule has 3 aromatic rings. The number of aromatic nitrogens is 3. The van der Waals surface area contributed by atoms with Gasteiger partial charge in [-0.25, -0.2) is 4.39 Å². The molecule has 1 aliphatic rings. The largest absolute Gasteiger partial charge is 0.497 e. The van der Waals surface area contributed by atoms with Crippen LogP contribution < -0.4 is 4.74 Å². The summed E-state index contributed by atoms with van der Waals surface area (Å²) >= 11 is 0. The van der Waals surface area contributed by atoms with Crippen molar-refractivity contribution < 1.29 is 19.0 Å². The quantitative estimate of drug-likeness (QED) is 0.471. The molecule has 1 saturated heterocycles. The summed E-state index contributed by atoms with van der Waals surface area (Å²) in [5, 5.41) is 18.6. The summed E-state index contributed by atoms with van der Waals surface area (Å²) < 4.78 is 20.6. The third-order valence-electron chi connectivity index (χ3n) is 6.80. The highest BCUT2D eigenvalue weighted by atomic mass is 19.1. The molecule has 3 heterocycles. The first-order valence-corrected chi connectivity index (χ1v) is 11.8. The summed E-state index contributed by atoms with van der Waals surface area (Å²) in [5.74, 6) is -0.647. The monoisotopic (exact) mass is 466 g/mol. The first-order chi connectivity index (χ1) is 16.5. The molecular formula is C26H31FN4O3. The van der Waals surface area contributed by atoms with Crippen molar-refractivity contribution in [2.75, 3.05) is 26.7 Å². The van der Waals surface area contributed by atoms with Crippen LogP contribution in [0.4, 0.5) is 4.39 Å². The van der Waals surface area contributed by atoms with Crippen LogP contribution in [0.3, 0.4) is 0 Å². The smallest absolute Gasteiger partial charge is 0.308 e. The molecule has 0 amide bonds. The lowest BCUT2D eigenvalue weighted by atomic mass is 9.81. The molecule has 0 unspecified atom stereocenters. The normalized spacial score (nSPS) is 19.7. The van der Waals surface area contributed by atoms with Crippen molar-refractivity contribution in [1.82, 2.24) is 20.1 Å². The van der Waals surface area contributed by atoms with E-state index < -0.39 is 18.1 Å². The van der Waals surface area contributed by atoms with Crippen LogP contribution in [-0.4, -0.2) is 57.9 Å². The second-order valence-electron chi connectivity index (χ2n) is 8.94. The molecule has 2 aromatic heterocycles. The number of hydrogen-bond donors (Lipinski definition) is 1. The number of carboxylic acid groups (broad SMARTS) is 1. The zero-order chi connectivity index (χ0) is 23.9. The molecular weight excluding hydrogens is 435 g/mol. The van der Waals surface area contributed by atoms with Crippen molar-refractivity contribution in [2.24, 2.45) is 11.8 Å². The first kappa shape index (κ1) is 24.0. The highest BCUT2D eigenvalue weighted by molar-refractivity contribution is 5.83. The second-order valence-corrected chi connectivity index (χ2v) is 8.94. The number of rotatable bonds is 10. The minimum atomic E-state index is -1.18. The Morgan fingerprint density at radius 1 is 1.29 bits per heavy atom. The van der Waals surface area contributed by atoms with E-state index >= 15 is 4.39 Å². The van der Waals surface area contributed by atoms with Crippen LogP contribution in [0, 0.1) is 11.8 Å². The molecule has 0 saturated carbocycles. The standard InChI is InChI=1S/C26H31FN4O3/c1-34-20-7-9-25-22(16-20)21(10-13-28-25)24(27)8-6-18-11-15-31(17-23(18)26(32)33)14-3-5-19-4-2-12-29-30-19/h2,4,7,9-10,12-13,16,18,23-24H,3,5-6,8,11,14-15,17H2,1H3,(H,32,33)/t18-,23+,24+/m1/s1. The van der Waals surface area contributed by atoms with Gasteiger partial charge in [0.05, 0.1) is 24.2 Å². The lowest BCUT2D eigenvalue weighted by Crippen LogP contribution is -2.44. The molecule has 7 nitrogen and oxygen atoms in total. The Labute approximate surface area is 199 Å². The number of alkyl halides is 1. The van der Waals surface area contributed by atoms with Crippen LogP contribution >= 0.6 is 0 Å². The van der Waals surface area contributed by atoms with E-state index in [0.29, 0.717) is 24.3 Å². The van der Waals surface area contributed by atoms with Crippen LogP contribution in [0.5, 0.6) is 5.75 Å². The Bertz CT molecular complexity index is 1100. The van der Waals surface area contributed by atoms with E-state index in [2.05, 4.69) is 20.1 Å². The fourth-order valence-electron chi connectivity index (χ4n) is 4.91. The van der Waals surface area contributed by atoms with E-state index in [9.17, 15) is 9.90 Å². The summed E-state index contributed by atoms with van der Waals surface area (Å²) in [6.07, 6.45) is 5.41. The summed E-state index contributed by atoms with van der Waals surface area (Å²) in [6.45, 7) is 2.16. The maximum atomic E-state index is 15.4. The van der Waals surface area contributed by atoms with Gasteiger partial charge in [0.15, 0.2) is 0 Å². The third kappa shape index (κ3) is 5.86. The number of likely N-dealkylation sites (tertiary alicyclic amines) is 1. The Hall–Kier alpha value is -3.13. The Kier molecular flexibility index (Phi) is 8.00. The Morgan fingerprint density at radius 2 is 2.18 bits per heavy atom. The van der Waals surface area contributed by atoms with Gasteiger partial charge in [0.2, 0.25) is 0 Å². The molecule has 1 N–H and O–H groups in total. The van der Waals surface area contributed by atoms with Gasteiger partial charge < -0.3 is 14.7 Å². The molecule has 34 heavy (non-hydrogen) atoms. The molecule has 3 atom stereocenters. The molecule has 1 aliphatic heterocycles. The van der Waals surface area contributed by atoms with E-state index in [-0.39, 0.29) is 12.3 Å². The average Bonchev–Trinajstić information content (AvgIpc) is 2.87. The van der Waals surface area contributed by atoms with Gasteiger partial charge in [-0.15, -0.1) is 0 Å². The van der Waals surface area contributed by atoms with E-state index in [0.717, 1.165) is 48.9 Å². The number of piperidine rings is 1. The minimum absolute atomic E-state index is 0.0328. The number of aryl methyl sites for hydroxylation is 1. The number of aliphatic carboxylic acids is 1. The van der Waals surface area contributed by atoms with Gasteiger partial charge in [0, 0.05) is 24.3 Å². The van der Waals surface area contributed by atoms with Crippen molar-refractivity contribution in [3.63, 3.8) is 0 Å². The van der Waals surface area contributed by atoms with Crippen molar-refractivity contribution in [3.05, 3.63) is 60.0 Å². The van der Waals surface area contributed by atoms with E-state index in [1.807, 2.05) is 30.3 Å². The molecule has 1 fully saturated rings.